The molecule has 0 bridgehead atoms. The van der Waals surface area contributed by atoms with Gasteiger partial charge in [-0.3, -0.25) is 0 Å². The zero-order valence-electron chi connectivity index (χ0n) is 11.9. The van der Waals surface area contributed by atoms with Crippen molar-refractivity contribution in [3.63, 3.8) is 0 Å². The first kappa shape index (κ1) is 13.4. The van der Waals surface area contributed by atoms with Gasteiger partial charge in [0.1, 0.15) is 0 Å². The number of carbonyl (C=O) groups is 1. The Balaban J connectivity index is 2.21. The summed E-state index contributed by atoms with van der Waals surface area (Å²) < 4.78 is 1.93. The Hall–Kier alpha value is -2.62. The lowest BCUT2D eigenvalue weighted by molar-refractivity contribution is 0.0698. The highest BCUT2D eigenvalue weighted by Crippen LogP contribution is 2.27. The van der Waals surface area contributed by atoms with Crippen LogP contribution in [-0.4, -0.2) is 20.6 Å². The largest absolute Gasteiger partial charge is 0.478 e. The van der Waals surface area contributed by atoms with Gasteiger partial charge in [0.2, 0.25) is 0 Å². The van der Waals surface area contributed by atoms with Gasteiger partial charge in [-0.2, -0.15) is 0 Å². The second kappa shape index (κ2) is 5.05. The second-order valence-corrected chi connectivity index (χ2v) is 5.16. The van der Waals surface area contributed by atoms with Gasteiger partial charge in [0.15, 0.2) is 0 Å². The van der Waals surface area contributed by atoms with E-state index in [0.717, 1.165) is 5.56 Å². The standard InChI is InChI=1S/C17H16N2O2/c1-11-6-3-4-7-13(11)12(2)19-10-18-15-9-5-8-14(16(15)19)17(20)21/h3-10,12H,1-2H3,(H,20,21). The van der Waals surface area contributed by atoms with Crippen molar-refractivity contribution in [3.05, 3.63) is 65.5 Å². The van der Waals surface area contributed by atoms with Gasteiger partial charge in [-0.15, -0.1) is 0 Å². The molecule has 0 aliphatic heterocycles. The Labute approximate surface area is 122 Å². The Bertz CT molecular complexity index is 821. The molecule has 3 rings (SSSR count). The van der Waals surface area contributed by atoms with Crippen LogP contribution in [0.5, 0.6) is 0 Å². The van der Waals surface area contributed by atoms with Gasteiger partial charge < -0.3 is 9.67 Å². The number of hydrogen-bond acceptors (Lipinski definition) is 2. The molecule has 3 aromatic rings. The van der Waals surface area contributed by atoms with Gasteiger partial charge in [-0.05, 0) is 37.1 Å². The predicted octanol–water partition coefficient (Wildman–Crippen LogP) is 3.65. The average Bonchev–Trinajstić information content (AvgIpc) is 2.90. The molecular formula is C17H16N2O2. The molecule has 106 valence electrons. The van der Waals surface area contributed by atoms with Crippen LogP contribution >= 0.6 is 0 Å². The number of benzene rings is 2. The number of aromatic carboxylic acids is 1. The molecule has 0 fully saturated rings. The highest BCUT2D eigenvalue weighted by atomic mass is 16.4. The third-order valence-corrected chi connectivity index (χ3v) is 3.88. The lowest BCUT2D eigenvalue weighted by Crippen LogP contribution is -2.09. The number of fused-ring (bicyclic) bond motifs is 1. The molecule has 0 saturated heterocycles. The van der Waals surface area contributed by atoms with Gasteiger partial charge in [0, 0.05) is 0 Å². The van der Waals surface area contributed by atoms with Crippen LogP contribution in [0.3, 0.4) is 0 Å². The van der Waals surface area contributed by atoms with Gasteiger partial charge in [-0.1, -0.05) is 30.3 Å². The fourth-order valence-electron chi connectivity index (χ4n) is 2.76. The molecule has 0 saturated carbocycles. The molecule has 1 heterocycles. The van der Waals surface area contributed by atoms with Crippen LogP contribution < -0.4 is 0 Å². The minimum Gasteiger partial charge on any atom is -0.478 e. The van der Waals surface area contributed by atoms with Crippen LogP contribution in [0.15, 0.2) is 48.8 Å². The highest BCUT2D eigenvalue weighted by molar-refractivity contribution is 6.01. The van der Waals surface area contributed by atoms with Crippen LogP contribution in [-0.2, 0) is 0 Å². The lowest BCUT2D eigenvalue weighted by Gasteiger charge is -2.18. The van der Waals surface area contributed by atoms with E-state index in [0.29, 0.717) is 11.0 Å². The van der Waals surface area contributed by atoms with Crippen LogP contribution in [0.25, 0.3) is 11.0 Å². The molecule has 0 spiro atoms. The maximum absolute atomic E-state index is 11.5. The summed E-state index contributed by atoms with van der Waals surface area (Å²) >= 11 is 0. The number of para-hydroxylation sites is 1. The van der Waals surface area contributed by atoms with Crippen molar-refractivity contribution in [1.82, 2.24) is 9.55 Å². The molecule has 4 nitrogen and oxygen atoms in total. The van der Waals surface area contributed by atoms with E-state index in [1.54, 1.807) is 18.5 Å². The SMILES string of the molecule is Cc1ccccc1C(C)n1cnc2cccc(C(=O)O)c21. The summed E-state index contributed by atoms with van der Waals surface area (Å²) in [5.74, 6) is -0.931. The predicted molar refractivity (Wildman–Crippen MR) is 81.7 cm³/mol. The molecule has 21 heavy (non-hydrogen) atoms. The minimum absolute atomic E-state index is 0.0247. The average molecular weight is 280 g/mol. The van der Waals surface area contributed by atoms with E-state index < -0.39 is 5.97 Å². The van der Waals surface area contributed by atoms with E-state index >= 15 is 0 Å². The van der Waals surface area contributed by atoms with Crippen molar-refractivity contribution >= 4 is 17.0 Å². The summed E-state index contributed by atoms with van der Waals surface area (Å²) in [5.41, 5.74) is 4.00. The number of carboxylic acids is 1. The topological polar surface area (TPSA) is 55.1 Å². The van der Waals surface area contributed by atoms with E-state index in [1.165, 1.54) is 5.56 Å². The zero-order valence-corrected chi connectivity index (χ0v) is 11.9. The third-order valence-electron chi connectivity index (χ3n) is 3.88. The van der Waals surface area contributed by atoms with Crippen LogP contribution in [0, 0.1) is 6.92 Å². The Morgan fingerprint density at radius 2 is 1.95 bits per heavy atom. The molecule has 0 radical (unpaired) electrons. The molecule has 0 aliphatic carbocycles. The van der Waals surface area contributed by atoms with Crippen molar-refractivity contribution in [2.24, 2.45) is 0 Å². The van der Waals surface area contributed by atoms with Gasteiger partial charge in [0.25, 0.3) is 0 Å². The lowest BCUT2D eigenvalue weighted by atomic mass is 10.0. The van der Waals surface area contributed by atoms with Crippen molar-refractivity contribution in [2.75, 3.05) is 0 Å². The van der Waals surface area contributed by atoms with Crippen molar-refractivity contribution in [1.29, 1.82) is 0 Å². The van der Waals surface area contributed by atoms with E-state index in [1.807, 2.05) is 22.8 Å². The molecule has 2 aromatic carbocycles. The Kier molecular flexibility index (Phi) is 3.22. The number of hydrogen-bond donors (Lipinski definition) is 1. The van der Waals surface area contributed by atoms with Crippen LogP contribution in [0.2, 0.25) is 0 Å². The smallest absolute Gasteiger partial charge is 0.337 e. The first-order valence-electron chi connectivity index (χ1n) is 6.84. The van der Waals surface area contributed by atoms with Crippen molar-refractivity contribution < 1.29 is 9.90 Å². The van der Waals surface area contributed by atoms with Crippen LogP contribution in [0.1, 0.15) is 34.5 Å². The van der Waals surface area contributed by atoms with Gasteiger partial charge in [0.05, 0.1) is 29.0 Å². The van der Waals surface area contributed by atoms with Crippen LogP contribution in [0.4, 0.5) is 0 Å². The minimum atomic E-state index is -0.931. The summed E-state index contributed by atoms with van der Waals surface area (Å²) in [6.45, 7) is 4.12. The molecule has 1 atom stereocenters. The highest BCUT2D eigenvalue weighted by Gasteiger charge is 2.18. The zero-order chi connectivity index (χ0) is 15.0. The summed E-state index contributed by atoms with van der Waals surface area (Å²) in [7, 11) is 0. The van der Waals surface area contributed by atoms with Crippen molar-refractivity contribution in [2.45, 2.75) is 19.9 Å². The summed E-state index contributed by atoms with van der Waals surface area (Å²) in [5, 5.41) is 9.39. The van der Waals surface area contributed by atoms with E-state index in [4.69, 9.17) is 0 Å². The summed E-state index contributed by atoms with van der Waals surface area (Å²) in [4.78, 5) is 15.8. The molecular weight excluding hydrogens is 264 g/mol. The van der Waals surface area contributed by atoms with E-state index in [2.05, 4.69) is 31.0 Å². The number of imidazole rings is 1. The monoisotopic (exact) mass is 280 g/mol. The first-order chi connectivity index (χ1) is 10.1. The number of rotatable bonds is 3. The number of nitrogens with zero attached hydrogens (tertiary/aromatic N) is 2. The van der Waals surface area contributed by atoms with E-state index in [9.17, 15) is 9.90 Å². The third kappa shape index (κ3) is 2.18. The summed E-state index contributed by atoms with van der Waals surface area (Å²) in [6, 6.07) is 13.3. The number of aryl methyl sites for hydroxylation is 1. The van der Waals surface area contributed by atoms with E-state index in [-0.39, 0.29) is 11.6 Å². The fraction of sp³-hybridized carbons (Fsp3) is 0.176. The molecule has 1 N–H and O–H groups in total. The van der Waals surface area contributed by atoms with Gasteiger partial charge in [-0.25, -0.2) is 9.78 Å². The Morgan fingerprint density at radius 1 is 1.19 bits per heavy atom. The molecule has 0 amide bonds. The number of aromatic nitrogens is 2. The maximum atomic E-state index is 11.5. The first-order valence-corrected chi connectivity index (χ1v) is 6.84. The Morgan fingerprint density at radius 3 is 2.67 bits per heavy atom. The summed E-state index contributed by atoms with van der Waals surface area (Å²) in [6.07, 6.45) is 1.72. The quantitative estimate of drug-likeness (QED) is 0.796. The molecule has 1 aromatic heterocycles. The fourth-order valence-corrected chi connectivity index (χ4v) is 2.76. The van der Waals surface area contributed by atoms with Gasteiger partial charge >= 0.3 is 5.97 Å². The molecule has 1 unspecified atom stereocenters. The maximum Gasteiger partial charge on any atom is 0.337 e. The molecule has 4 heteroatoms. The second-order valence-electron chi connectivity index (χ2n) is 5.16. The van der Waals surface area contributed by atoms with Crippen molar-refractivity contribution in [3.8, 4) is 0 Å². The molecule has 0 aliphatic rings. The normalized spacial score (nSPS) is 12.5. The number of carboxylic acid groups (broad SMARTS) is 1.